The molecule has 2 rings (SSSR count). The molecule has 4 nitrogen and oxygen atoms in total. The van der Waals surface area contributed by atoms with E-state index in [0.29, 0.717) is 5.92 Å². The van der Waals surface area contributed by atoms with Crippen LogP contribution in [0, 0.1) is 5.92 Å². The second kappa shape index (κ2) is 5.15. The maximum Gasteiger partial charge on any atom is 0.323 e. The fourth-order valence-electron chi connectivity index (χ4n) is 2.52. The fraction of sp³-hybridized carbons (Fsp3) is 0.917. The molecule has 0 aromatic carbocycles. The summed E-state index contributed by atoms with van der Waals surface area (Å²) in [5.74, 6) is 0.517. The Bertz CT molecular complexity index is 253. The van der Waals surface area contributed by atoms with Crippen molar-refractivity contribution in [1.29, 1.82) is 0 Å². The van der Waals surface area contributed by atoms with E-state index in [1.54, 1.807) is 0 Å². The Kier molecular flexibility index (Phi) is 3.82. The minimum absolute atomic E-state index is 0.0245. The molecule has 2 aliphatic rings. The van der Waals surface area contributed by atoms with Gasteiger partial charge in [0.2, 0.25) is 0 Å². The van der Waals surface area contributed by atoms with Gasteiger partial charge < -0.3 is 9.64 Å². The summed E-state index contributed by atoms with van der Waals surface area (Å²) in [6, 6.07) is 0.0245. The molecule has 0 spiro atoms. The van der Waals surface area contributed by atoms with Gasteiger partial charge in [0.05, 0.1) is 7.11 Å². The third-order valence-electron chi connectivity index (χ3n) is 3.66. The van der Waals surface area contributed by atoms with Crippen LogP contribution in [0.1, 0.15) is 19.3 Å². The number of nitrogens with zero attached hydrogens (tertiary/aromatic N) is 2. The topological polar surface area (TPSA) is 32.8 Å². The minimum atomic E-state index is -0.0351. The largest absolute Gasteiger partial charge is 0.468 e. The maximum absolute atomic E-state index is 11.8. The molecule has 0 aromatic rings. The first-order valence-corrected chi connectivity index (χ1v) is 6.23. The van der Waals surface area contributed by atoms with Crippen molar-refractivity contribution < 1.29 is 9.53 Å². The van der Waals surface area contributed by atoms with Gasteiger partial charge in [-0.15, -0.1) is 0 Å². The highest BCUT2D eigenvalue weighted by atomic mass is 16.5. The summed E-state index contributed by atoms with van der Waals surface area (Å²) in [6.45, 7) is 4.21. The summed E-state index contributed by atoms with van der Waals surface area (Å²) in [7, 11) is 3.65. The molecule has 16 heavy (non-hydrogen) atoms. The van der Waals surface area contributed by atoms with Gasteiger partial charge in [0.1, 0.15) is 6.04 Å². The molecule has 1 atom stereocenters. The number of carbonyl (C=O) groups is 1. The van der Waals surface area contributed by atoms with E-state index in [2.05, 4.69) is 16.8 Å². The van der Waals surface area contributed by atoms with Gasteiger partial charge in [-0.3, -0.25) is 9.69 Å². The van der Waals surface area contributed by atoms with E-state index in [1.807, 2.05) is 0 Å². The standard InChI is InChI=1S/C12H22N2O2/c1-13-6-3-7-14(9-8-13)11(10-4-5-10)12(15)16-2/h10-11H,3-9H2,1-2H3. The van der Waals surface area contributed by atoms with Crippen LogP contribution in [0.25, 0.3) is 0 Å². The van der Waals surface area contributed by atoms with Gasteiger partial charge in [0.25, 0.3) is 0 Å². The fourth-order valence-corrected chi connectivity index (χ4v) is 2.52. The highest BCUT2D eigenvalue weighted by Crippen LogP contribution is 2.36. The number of methoxy groups -OCH3 is 1. The Morgan fingerprint density at radius 3 is 2.62 bits per heavy atom. The first-order chi connectivity index (χ1) is 7.72. The molecule has 0 N–H and O–H groups in total. The lowest BCUT2D eigenvalue weighted by atomic mass is 10.1. The molecule has 4 heteroatoms. The molecule has 0 bridgehead atoms. The Hall–Kier alpha value is -0.610. The van der Waals surface area contributed by atoms with Crippen molar-refractivity contribution in [3.05, 3.63) is 0 Å². The predicted molar refractivity (Wildman–Crippen MR) is 62.2 cm³/mol. The first-order valence-electron chi connectivity index (χ1n) is 6.23. The van der Waals surface area contributed by atoms with E-state index in [9.17, 15) is 4.79 Å². The zero-order chi connectivity index (χ0) is 11.5. The van der Waals surface area contributed by atoms with Crippen molar-refractivity contribution in [2.24, 2.45) is 5.92 Å². The molecule has 1 saturated heterocycles. The Morgan fingerprint density at radius 2 is 2.00 bits per heavy atom. The molecule has 1 aliphatic carbocycles. The lowest BCUT2D eigenvalue weighted by Gasteiger charge is -2.28. The van der Waals surface area contributed by atoms with Crippen LogP contribution in [-0.2, 0) is 9.53 Å². The average molecular weight is 226 g/mol. The molecular weight excluding hydrogens is 204 g/mol. The van der Waals surface area contributed by atoms with Crippen molar-refractivity contribution >= 4 is 5.97 Å². The summed E-state index contributed by atoms with van der Waals surface area (Å²) in [6.07, 6.45) is 3.52. The van der Waals surface area contributed by atoms with Gasteiger partial charge >= 0.3 is 5.97 Å². The first kappa shape index (κ1) is 11.9. The zero-order valence-corrected chi connectivity index (χ0v) is 10.3. The summed E-state index contributed by atoms with van der Waals surface area (Å²) in [5, 5.41) is 0. The molecule has 0 radical (unpaired) electrons. The van der Waals surface area contributed by atoms with Gasteiger partial charge in [-0.2, -0.15) is 0 Å². The molecule has 0 amide bonds. The minimum Gasteiger partial charge on any atom is -0.468 e. The molecular formula is C12H22N2O2. The van der Waals surface area contributed by atoms with Crippen molar-refractivity contribution in [2.75, 3.05) is 40.3 Å². The van der Waals surface area contributed by atoms with Crippen LogP contribution in [0.2, 0.25) is 0 Å². The smallest absolute Gasteiger partial charge is 0.323 e. The summed E-state index contributed by atoms with van der Waals surface area (Å²) in [4.78, 5) is 16.5. The van der Waals surface area contributed by atoms with Crippen molar-refractivity contribution in [1.82, 2.24) is 9.80 Å². The normalized spacial score (nSPS) is 26.1. The van der Waals surface area contributed by atoms with E-state index in [4.69, 9.17) is 4.74 Å². The second-order valence-electron chi connectivity index (χ2n) is 5.00. The number of esters is 1. The summed E-state index contributed by atoms with van der Waals surface area (Å²) < 4.78 is 4.94. The van der Waals surface area contributed by atoms with Gasteiger partial charge in [0.15, 0.2) is 0 Å². The van der Waals surface area contributed by atoms with Crippen LogP contribution in [0.5, 0.6) is 0 Å². The number of likely N-dealkylation sites (N-methyl/N-ethyl adjacent to an activating group) is 1. The van der Waals surface area contributed by atoms with Crippen LogP contribution >= 0.6 is 0 Å². The molecule has 0 aromatic heterocycles. The third-order valence-corrected chi connectivity index (χ3v) is 3.66. The summed E-state index contributed by atoms with van der Waals surface area (Å²) in [5.41, 5.74) is 0. The number of hydrogen-bond donors (Lipinski definition) is 0. The number of carbonyl (C=O) groups excluding carboxylic acids is 1. The molecule has 1 heterocycles. The van der Waals surface area contributed by atoms with E-state index in [0.717, 1.165) is 32.6 Å². The van der Waals surface area contributed by atoms with E-state index < -0.39 is 0 Å². The van der Waals surface area contributed by atoms with Gasteiger partial charge in [-0.1, -0.05) is 0 Å². The van der Waals surface area contributed by atoms with Crippen molar-refractivity contribution in [3.63, 3.8) is 0 Å². The average Bonchev–Trinajstić information content (AvgIpc) is 3.09. The van der Waals surface area contributed by atoms with E-state index >= 15 is 0 Å². The van der Waals surface area contributed by atoms with Crippen LogP contribution in [0.15, 0.2) is 0 Å². The Morgan fingerprint density at radius 1 is 1.25 bits per heavy atom. The zero-order valence-electron chi connectivity index (χ0n) is 10.3. The van der Waals surface area contributed by atoms with Crippen LogP contribution in [-0.4, -0.2) is 62.1 Å². The lowest BCUT2D eigenvalue weighted by molar-refractivity contribution is -0.147. The maximum atomic E-state index is 11.8. The van der Waals surface area contributed by atoms with Crippen molar-refractivity contribution in [3.8, 4) is 0 Å². The molecule has 1 unspecified atom stereocenters. The SMILES string of the molecule is COC(=O)C(C1CC1)N1CCCN(C)CC1. The van der Waals surface area contributed by atoms with Crippen LogP contribution in [0.3, 0.4) is 0 Å². The monoisotopic (exact) mass is 226 g/mol. The van der Waals surface area contributed by atoms with E-state index in [1.165, 1.54) is 20.0 Å². The molecule has 92 valence electrons. The number of hydrogen-bond acceptors (Lipinski definition) is 4. The quantitative estimate of drug-likeness (QED) is 0.659. The summed E-state index contributed by atoms with van der Waals surface area (Å²) >= 11 is 0. The number of rotatable bonds is 3. The van der Waals surface area contributed by atoms with Gasteiger partial charge in [0, 0.05) is 19.6 Å². The van der Waals surface area contributed by atoms with Crippen LogP contribution < -0.4 is 0 Å². The molecule has 1 saturated carbocycles. The molecule has 2 fully saturated rings. The Labute approximate surface area is 97.5 Å². The van der Waals surface area contributed by atoms with Gasteiger partial charge in [-0.05, 0) is 38.8 Å². The lowest BCUT2D eigenvalue weighted by Crippen LogP contribution is -2.45. The van der Waals surface area contributed by atoms with Crippen molar-refractivity contribution in [2.45, 2.75) is 25.3 Å². The highest BCUT2D eigenvalue weighted by molar-refractivity contribution is 5.76. The van der Waals surface area contributed by atoms with Gasteiger partial charge in [-0.25, -0.2) is 0 Å². The third kappa shape index (κ3) is 2.74. The second-order valence-corrected chi connectivity index (χ2v) is 5.00. The number of ether oxygens (including phenoxy) is 1. The van der Waals surface area contributed by atoms with Crippen LogP contribution in [0.4, 0.5) is 0 Å². The van der Waals surface area contributed by atoms with E-state index in [-0.39, 0.29) is 12.0 Å². The molecule has 1 aliphatic heterocycles. The Balaban J connectivity index is 1.98. The highest BCUT2D eigenvalue weighted by Gasteiger charge is 2.41. The predicted octanol–water partition coefficient (Wildman–Crippen LogP) is 0.575.